The topological polar surface area (TPSA) is 67.9 Å². The monoisotopic (exact) mass is 352 g/mol. The van der Waals surface area contributed by atoms with Crippen LogP contribution in [0.1, 0.15) is 18.4 Å². The van der Waals surface area contributed by atoms with Gasteiger partial charge < -0.3 is 19.7 Å². The number of carbonyl (C=O) groups is 2. The molecule has 26 heavy (non-hydrogen) atoms. The molecule has 134 valence electrons. The number of nitrogens with zero attached hydrogens (tertiary/aromatic N) is 1. The van der Waals surface area contributed by atoms with Crippen LogP contribution in [0, 0.1) is 0 Å². The van der Waals surface area contributed by atoms with E-state index in [-0.39, 0.29) is 18.4 Å². The highest BCUT2D eigenvalue weighted by Crippen LogP contribution is 2.30. The van der Waals surface area contributed by atoms with Crippen molar-refractivity contribution in [3.63, 3.8) is 0 Å². The fourth-order valence-corrected chi connectivity index (χ4v) is 3.17. The van der Waals surface area contributed by atoms with Crippen molar-refractivity contribution in [2.45, 2.75) is 25.5 Å². The maximum absolute atomic E-state index is 12.3. The van der Waals surface area contributed by atoms with Gasteiger partial charge in [0.1, 0.15) is 6.61 Å². The molecule has 0 unspecified atom stereocenters. The minimum atomic E-state index is -0.661. The molecule has 1 saturated heterocycles. The first-order valence-electron chi connectivity index (χ1n) is 8.76. The summed E-state index contributed by atoms with van der Waals surface area (Å²) in [4.78, 5) is 25.9. The average Bonchev–Trinajstić information content (AvgIpc) is 3.12. The summed E-state index contributed by atoms with van der Waals surface area (Å²) in [6, 6.07) is 15.0. The van der Waals surface area contributed by atoms with Gasteiger partial charge in [-0.15, -0.1) is 0 Å². The van der Waals surface area contributed by atoms with Crippen molar-refractivity contribution in [3.8, 4) is 11.5 Å². The second-order valence-electron chi connectivity index (χ2n) is 6.40. The highest BCUT2D eigenvalue weighted by molar-refractivity contribution is 5.95. The summed E-state index contributed by atoms with van der Waals surface area (Å²) in [5.41, 5.74) is 1.87. The van der Waals surface area contributed by atoms with Gasteiger partial charge in [0.15, 0.2) is 11.5 Å². The van der Waals surface area contributed by atoms with Crippen molar-refractivity contribution in [2.24, 2.45) is 0 Å². The molecule has 6 nitrogen and oxygen atoms in total. The van der Waals surface area contributed by atoms with E-state index in [1.807, 2.05) is 42.5 Å². The van der Waals surface area contributed by atoms with Crippen LogP contribution in [-0.4, -0.2) is 31.1 Å². The third-order valence-corrected chi connectivity index (χ3v) is 4.59. The van der Waals surface area contributed by atoms with Crippen molar-refractivity contribution in [2.75, 3.05) is 18.1 Å². The number of hydrogen-bond acceptors (Lipinski definition) is 4. The number of benzene rings is 2. The summed E-state index contributed by atoms with van der Waals surface area (Å²) in [5.74, 6) is 1.20. The fraction of sp³-hybridized carbons (Fsp3) is 0.300. The van der Waals surface area contributed by atoms with Gasteiger partial charge in [0, 0.05) is 25.2 Å². The number of nitrogens with one attached hydrogen (secondary N) is 1. The van der Waals surface area contributed by atoms with Crippen molar-refractivity contribution in [3.05, 3.63) is 54.1 Å². The van der Waals surface area contributed by atoms with Crippen molar-refractivity contribution in [1.29, 1.82) is 0 Å². The lowest BCUT2D eigenvalue weighted by molar-refractivity contribution is -0.130. The first-order valence-corrected chi connectivity index (χ1v) is 8.76. The molecule has 2 amide bonds. The van der Waals surface area contributed by atoms with E-state index >= 15 is 0 Å². The van der Waals surface area contributed by atoms with Gasteiger partial charge in [-0.25, -0.2) is 0 Å². The lowest BCUT2D eigenvalue weighted by Gasteiger charge is -2.25. The minimum Gasteiger partial charge on any atom is -0.485 e. The molecule has 1 atom stereocenters. The molecule has 2 aromatic rings. The predicted octanol–water partition coefficient (Wildman–Crippen LogP) is 2.27. The minimum absolute atomic E-state index is 0.167. The number of amides is 2. The van der Waals surface area contributed by atoms with Crippen molar-refractivity contribution in [1.82, 2.24) is 5.32 Å². The van der Waals surface area contributed by atoms with Gasteiger partial charge in [-0.05, 0) is 36.2 Å². The fourth-order valence-electron chi connectivity index (χ4n) is 3.17. The van der Waals surface area contributed by atoms with Gasteiger partial charge in [-0.2, -0.15) is 0 Å². The maximum Gasteiger partial charge on any atom is 0.264 e. The Bertz CT molecular complexity index is 819. The Morgan fingerprint density at radius 3 is 2.62 bits per heavy atom. The summed E-state index contributed by atoms with van der Waals surface area (Å²) in [6.07, 6.45) is 0.861. The quantitative estimate of drug-likeness (QED) is 0.917. The van der Waals surface area contributed by atoms with Gasteiger partial charge in [0.2, 0.25) is 12.0 Å². The number of fused-ring (bicyclic) bond motifs is 1. The Balaban J connectivity index is 1.33. The molecule has 4 rings (SSSR count). The number of para-hydroxylation sites is 2. The zero-order valence-electron chi connectivity index (χ0n) is 14.3. The molecule has 0 saturated carbocycles. The second kappa shape index (κ2) is 7.07. The Hall–Kier alpha value is -3.02. The van der Waals surface area contributed by atoms with E-state index in [1.54, 1.807) is 11.0 Å². The van der Waals surface area contributed by atoms with E-state index in [0.717, 1.165) is 24.2 Å². The van der Waals surface area contributed by atoms with Gasteiger partial charge in [-0.1, -0.05) is 24.3 Å². The number of ether oxygens (including phenoxy) is 2. The molecule has 2 aromatic carbocycles. The molecule has 0 aliphatic carbocycles. The van der Waals surface area contributed by atoms with E-state index in [0.29, 0.717) is 24.5 Å². The molecular weight excluding hydrogens is 332 g/mol. The van der Waals surface area contributed by atoms with Gasteiger partial charge >= 0.3 is 0 Å². The molecule has 2 aliphatic heterocycles. The van der Waals surface area contributed by atoms with Crippen LogP contribution in [0.25, 0.3) is 0 Å². The highest BCUT2D eigenvalue weighted by Gasteiger charge is 2.27. The number of rotatable bonds is 4. The standard InChI is InChI=1S/C20H20N2O4/c23-19-6-3-11-22(19)15-9-7-14(8-10-15)12-21-20(24)18-13-25-16-4-1-2-5-17(16)26-18/h1-2,4-5,7-10,18H,3,6,11-13H2,(H,21,24)/t18-/m0/s1. The smallest absolute Gasteiger partial charge is 0.264 e. The van der Waals surface area contributed by atoms with Crippen LogP contribution in [-0.2, 0) is 16.1 Å². The zero-order chi connectivity index (χ0) is 17.9. The third-order valence-electron chi connectivity index (χ3n) is 4.59. The number of hydrogen-bond donors (Lipinski definition) is 1. The highest BCUT2D eigenvalue weighted by atomic mass is 16.6. The Morgan fingerprint density at radius 1 is 1.12 bits per heavy atom. The van der Waals surface area contributed by atoms with Crippen LogP contribution in [0.2, 0.25) is 0 Å². The van der Waals surface area contributed by atoms with Crippen LogP contribution in [0.3, 0.4) is 0 Å². The van der Waals surface area contributed by atoms with Crippen LogP contribution in [0.4, 0.5) is 5.69 Å². The average molecular weight is 352 g/mol. The molecule has 0 aromatic heterocycles. The molecule has 0 spiro atoms. The number of carbonyl (C=O) groups excluding carboxylic acids is 2. The Morgan fingerprint density at radius 2 is 1.88 bits per heavy atom. The first-order chi connectivity index (χ1) is 12.7. The van der Waals surface area contributed by atoms with E-state index in [4.69, 9.17) is 9.47 Å². The van der Waals surface area contributed by atoms with Gasteiger partial charge in [0.05, 0.1) is 0 Å². The normalized spacial score (nSPS) is 18.7. The van der Waals surface area contributed by atoms with Crippen LogP contribution >= 0.6 is 0 Å². The predicted molar refractivity (Wildman–Crippen MR) is 96.2 cm³/mol. The van der Waals surface area contributed by atoms with Crippen LogP contribution < -0.4 is 19.7 Å². The molecule has 2 aliphatic rings. The van der Waals surface area contributed by atoms with Gasteiger partial charge in [0.25, 0.3) is 5.91 Å². The van der Waals surface area contributed by atoms with E-state index in [2.05, 4.69) is 5.32 Å². The second-order valence-corrected chi connectivity index (χ2v) is 6.40. The summed E-state index contributed by atoms with van der Waals surface area (Å²) < 4.78 is 11.3. The van der Waals surface area contributed by atoms with E-state index < -0.39 is 6.10 Å². The van der Waals surface area contributed by atoms with E-state index in [9.17, 15) is 9.59 Å². The molecule has 1 N–H and O–H groups in total. The molecular formula is C20H20N2O4. The first kappa shape index (κ1) is 16.4. The third kappa shape index (κ3) is 3.35. The van der Waals surface area contributed by atoms with Gasteiger partial charge in [-0.3, -0.25) is 9.59 Å². The van der Waals surface area contributed by atoms with Crippen molar-refractivity contribution >= 4 is 17.5 Å². The summed E-state index contributed by atoms with van der Waals surface area (Å²) in [5, 5.41) is 2.87. The van der Waals surface area contributed by atoms with E-state index in [1.165, 1.54) is 0 Å². The molecule has 2 heterocycles. The molecule has 0 radical (unpaired) electrons. The Kier molecular flexibility index (Phi) is 4.48. The molecule has 1 fully saturated rings. The Labute approximate surface area is 151 Å². The summed E-state index contributed by atoms with van der Waals surface area (Å²) >= 11 is 0. The maximum atomic E-state index is 12.3. The lowest BCUT2D eigenvalue weighted by atomic mass is 10.2. The summed E-state index contributed by atoms with van der Waals surface area (Å²) in [7, 11) is 0. The number of anilines is 1. The van der Waals surface area contributed by atoms with Crippen LogP contribution in [0.15, 0.2) is 48.5 Å². The van der Waals surface area contributed by atoms with Crippen molar-refractivity contribution < 1.29 is 19.1 Å². The molecule has 6 heteroatoms. The van der Waals surface area contributed by atoms with Crippen LogP contribution in [0.5, 0.6) is 11.5 Å². The SMILES string of the molecule is O=C(NCc1ccc(N2CCCC2=O)cc1)[C@@H]1COc2ccccc2O1. The molecule has 0 bridgehead atoms. The zero-order valence-corrected chi connectivity index (χ0v) is 14.3. The summed E-state index contributed by atoms with van der Waals surface area (Å²) in [6.45, 7) is 1.36. The largest absolute Gasteiger partial charge is 0.485 e. The lowest BCUT2D eigenvalue weighted by Crippen LogP contribution is -2.43.